The van der Waals surface area contributed by atoms with Gasteiger partial charge in [-0.1, -0.05) is 28.1 Å². The number of rotatable bonds is 5. The molecule has 1 amide bonds. The topological polar surface area (TPSA) is 55.4 Å². The quantitative estimate of drug-likeness (QED) is 0.580. The van der Waals surface area contributed by atoms with Crippen LogP contribution in [0.15, 0.2) is 46.9 Å². The number of carbonyl (C=O) groups is 2. The van der Waals surface area contributed by atoms with Crippen molar-refractivity contribution in [3.63, 3.8) is 0 Å². The van der Waals surface area contributed by atoms with Crippen LogP contribution in [0.5, 0.6) is 5.75 Å². The Morgan fingerprint density at radius 3 is 2.55 bits per heavy atom. The van der Waals surface area contributed by atoms with Crippen molar-refractivity contribution in [3.8, 4) is 5.75 Å². The Kier molecular flexibility index (Phi) is 5.74. The van der Waals surface area contributed by atoms with Crippen molar-refractivity contribution in [2.24, 2.45) is 0 Å². The van der Waals surface area contributed by atoms with E-state index in [1.54, 1.807) is 49.6 Å². The van der Waals surface area contributed by atoms with Gasteiger partial charge >= 0.3 is 0 Å². The summed E-state index contributed by atoms with van der Waals surface area (Å²) in [7, 11) is 1.56. The average molecular weight is 427 g/mol. The minimum absolute atomic E-state index is 0.170. The number of amides is 1. The van der Waals surface area contributed by atoms with Crippen molar-refractivity contribution in [2.45, 2.75) is 0 Å². The van der Waals surface area contributed by atoms with Crippen LogP contribution < -0.4 is 10.1 Å². The summed E-state index contributed by atoms with van der Waals surface area (Å²) < 4.78 is 5.85. The summed E-state index contributed by atoms with van der Waals surface area (Å²) in [6.45, 7) is 0. The lowest BCUT2D eigenvalue weighted by molar-refractivity contribution is -0.113. The molecular weight excluding hydrogens is 414 g/mol. The predicted molar refractivity (Wildman–Crippen MR) is 93.0 cm³/mol. The van der Waals surface area contributed by atoms with E-state index in [1.807, 2.05) is 0 Å². The SMILES string of the molecule is COc1ccc(C(=O)c2ccccc2NC(=O)CBr)cc1Br. The number of hydrogen-bond donors (Lipinski definition) is 1. The van der Waals surface area contributed by atoms with Crippen molar-refractivity contribution >= 4 is 49.2 Å². The van der Waals surface area contributed by atoms with Crippen molar-refractivity contribution in [1.29, 1.82) is 0 Å². The van der Waals surface area contributed by atoms with Gasteiger partial charge in [-0.3, -0.25) is 9.59 Å². The van der Waals surface area contributed by atoms with Gasteiger partial charge in [0.15, 0.2) is 5.78 Å². The Bertz CT molecular complexity index is 716. The van der Waals surface area contributed by atoms with Gasteiger partial charge in [-0.25, -0.2) is 0 Å². The Balaban J connectivity index is 2.37. The fourth-order valence-corrected chi connectivity index (χ4v) is 2.62. The zero-order valence-electron chi connectivity index (χ0n) is 11.7. The standard InChI is InChI=1S/C16H13Br2NO3/c1-22-14-7-6-10(8-12(14)18)16(21)11-4-2-3-5-13(11)19-15(20)9-17/h2-8H,9H2,1H3,(H,19,20). The Morgan fingerprint density at radius 2 is 1.91 bits per heavy atom. The van der Waals surface area contributed by atoms with E-state index in [9.17, 15) is 9.59 Å². The van der Waals surface area contributed by atoms with E-state index in [0.717, 1.165) is 0 Å². The van der Waals surface area contributed by atoms with Crippen LogP contribution >= 0.6 is 31.9 Å². The number of alkyl halides is 1. The van der Waals surface area contributed by atoms with Gasteiger partial charge < -0.3 is 10.1 Å². The van der Waals surface area contributed by atoms with E-state index in [1.165, 1.54) is 0 Å². The number of anilines is 1. The number of benzene rings is 2. The van der Waals surface area contributed by atoms with Gasteiger partial charge in [-0.2, -0.15) is 0 Å². The van der Waals surface area contributed by atoms with Crippen molar-refractivity contribution in [2.75, 3.05) is 17.8 Å². The minimum Gasteiger partial charge on any atom is -0.496 e. The van der Waals surface area contributed by atoms with Crippen molar-refractivity contribution < 1.29 is 14.3 Å². The summed E-state index contributed by atoms with van der Waals surface area (Å²) in [6, 6.07) is 12.0. The van der Waals surface area contributed by atoms with Crippen LogP contribution in [-0.4, -0.2) is 24.1 Å². The van der Waals surface area contributed by atoms with Crippen LogP contribution in [0.25, 0.3) is 0 Å². The van der Waals surface area contributed by atoms with Gasteiger partial charge in [-0.15, -0.1) is 0 Å². The molecule has 2 aromatic rings. The molecule has 0 aliphatic carbocycles. The number of para-hydroxylation sites is 1. The molecule has 0 aromatic heterocycles. The molecule has 2 aromatic carbocycles. The zero-order chi connectivity index (χ0) is 16.1. The third-order valence-corrected chi connectivity index (χ3v) is 4.11. The first-order valence-electron chi connectivity index (χ1n) is 6.40. The number of nitrogens with one attached hydrogen (secondary N) is 1. The average Bonchev–Trinajstić information content (AvgIpc) is 2.54. The molecule has 0 heterocycles. The van der Waals surface area contributed by atoms with Crippen LogP contribution in [0.1, 0.15) is 15.9 Å². The summed E-state index contributed by atoms with van der Waals surface area (Å²) in [4.78, 5) is 24.2. The molecule has 0 bridgehead atoms. The molecule has 1 N–H and O–H groups in total. The first kappa shape index (κ1) is 16.7. The highest BCUT2D eigenvalue weighted by molar-refractivity contribution is 9.10. The molecule has 0 saturated carbocycles. The number of carbonyl (C=O) groups excluding carboxylic acids is 2. The van der Waals surface area contributed by atoms with Crippen LogP contribution in [0.3, 0.4) is 0 Å². The van der Waals surface area contributed by atoms with Gasteiger partial charge in [0.1, 0.15) is 5.75 Å². The maximum Gasteiger partial charge on any atom is 0.235 e. The largest absolute Gasteiger partial charge is 0.496 e. The molecule has 0 spiro atoms. The lowest BCUT2D eigenvalue weighted by Crippen LogP contribution is -2.15. The Labute approximate surface area is 145 Å². The zero-order valence-corrected chi connectivity index (χ0v) is 14.9. The number of methoxy groups -OCH3 is 1. The smallest absolute Gasteiger partial charge is 0.235 e. The molecule has 0 atom stereocenters. The number of hydrogen-bond acceptors (Lipinski definition) is 3. The molecular formula is C16H13Br2NO3. The maximum absolute atomic E-state index is 12.7. The van der Waals surface area contributed by atoms with E-state index in [2.05, 4.69) is 37.2 Å². The van der Waals surface area contributed by atoms with E-state index >= 15 is 0 Å². The third-order valence-electron chi connectivity index (χ3n) is 2.98. The molecule has 2 rings (SSSR count). The predicted octanol–water partition coefficient (Wildman–Crippen LogP) is 4.02. The molecule has 0 radical (unpaired) electrons. The molecule has 114 valence electrons. The van der Waals surface area contributed by atoms with E-state index in [-0.39, 0.29) is 17.0 Å². The summed E-state index contributed by atoms with van der Waals surface area (Å²) >= 11 is 6.45. The van der Waals surface area contributed by atoms with Crippen LogP contribution in [0.2, 0.25) is 0 Å². The Hall–Kier alpha value is -1.66. The van der Waals surface area contributed by atoms with Gasteiger partial charge in [0, 0.05) is 11.1 Å². The van der Waals surface area contributed by atoms with Gasteiger partial charge in [0.2, 0.25) is 5.91 Å². The molecule has 0 aliphatic heterocycles. The van der Waals surface area contributed by atoms with Crippen LogP contribution in [-0.2, 0) is 4.79 Å². The maximum atomic E-state index is 12.7. The number of ether oxygens (including phenoxy) is 1. The highest BCUT2D eigenvalue weighted by atomic mass is 79.9. The molecule has 0 fully saturated rings. The molecule has 6 heteroatoms. The first-order chi connectivity index (χ1) is 10.6. The highest BCUT2D eigenvalue weighted by Gasteiger charge is 2.16. The summed E-state index contributed by atoms with van der Waals surface area (Å²) in [6.07, 6.45) is 0. The second-order valence-corrected chi connectivity index (χ2v) is 5.82. The summed E-state index contributed by atoms with van der Waals surface area (Å²) in [5.74, 6) is 0.266. The van der Waals surface area contributed by atoms with Gasteiger partial charge in [0.25, 0.3) is 0 Å². The lowest BCUT2D eigenvalue weighted by atomic mass is 10.0. The second-order valence-electron chi connectivity index (χ2n) is 4.41. The molecule has 0 aliphatic rings. The fourth-order valence-electron chi connectivity index (χ4n) is 1.94. The highest BCUT2D eigenvalue weighted by Crippen LogP contribution is 2.27. The molecule has 0 saturated heterocycles. The van der Waals surface area contributed by atoms with Crippen LogP contribution in [0.4, 0.5) is 5.69 Å². The second kappa shape index (κ2) is 7.56. The normalized spacial score (nSPS) is 10.1. The third kappa shape index (κ3) is 3.75. The number of ketones is 1. The molecule has 22 heavy (non-hydrogen) atoms. The number of halogens is 2. The van der Waals surface area contributed by atoms with E-state index in [4.69, 9.17) is 4.74 Å². The van der Waals surface area contributed by atoms with Crippen molar-refractivity contribution in [1.82, 2.24) is 0 Å². The summed E-state index contributed by atoms with van der Waals surface area (Å²) in [5, 5.41) is 2.88. The fraction of sp³-hybridized carbons (Fsp3) is 0.125. The van der Waals surface area contributed by atoms with Gasteiger partial charge in [0.05, 0.1) is 22.6 Å². The van der Waals surface area contributed by atoms with Crippen molar-refractivity contribution in [3.05, 3.63) is 58.1 Å². The summed E-state index contributed by atoms with van der Waals surface area (Å²) in [5.41, 5.74) is 1.44. The molecule has 0 unspecified atom stereocenters. The molecule has 4 nitrogen and oxygen atoms in total. The first-order valence-corrected chi connectivity index (χ1v) is 8.31. The van der Waals surface area contributed by atoms with E-state index < -0.39 is 0 Å². The van der Waals surface area contributed by atoms with Gasteiger partial charge in [-0.05, 0) is 46.3 Å². The van der Waals surface area contributed by atoms with Crippen LogP contribution in [0, 0.1) is 0 Å². The van der Waals surface area contributed by atoms with E-state index in [0.29, 0.717) is 27.0 Å². The minimum atomic E-state index is -0.212. The monoisotopic (exact) mass is 425 g/mol. The Morgan fingerprint density at radius 1 is 1.18 bits per heavy atom. The lowest BCUT2D eigenvalue weighted by Gasteiger charge is -2.10.